The van der Waals surface area contributed by atoms with E-state index < -0.39 is 0 Å². The summed E-state index contributed by atoms with van der Waals surface area (Å²) < 4.78 is 5.47. The van der Waals surface area contributed by atoms with Gasteiger partial charge in [0.1, 0.15) is 5.75 Å². The first kappa shape index (κ1) is 6.23. The summed E-state index contributed by atoms with van der Waals surface area (Å²) in [5.41, 5.74) is 1.21. The highest BCUT2D eigenvalue weighted by atomic mass is 16.5. The fourth-order valence-corrected chi connectivity index (χ4v) is 1.96. The number of benzene rings is 1. The summed E-state index contributed by atoms with van der Waals surface area (Å²) >= 11 is 0. The molecule has 1 aliphatic carbocycles. The zero-order chi connectivity index (χ0) is 8.13. The predicted molar refractivity (Wildman–Crippen MR) is 43.2 cm³/mol. The number of rotatable bonds is 0. The molecule has 0 unspecified atom stereocenters. The molecule has 0 aromatic heterocycles. The molecule has 1 aliphatic heterocycles. The van der Waals surface area contributed by atoms with E-state index in [1.165, 1.54) is 5.56 Å². The Morgan fingerprint density at radius 3 is 3.00 bits per heavy atom. The molecule has 1 fully saturated rings. The van der Waals surface area contributed by atoms with Gasteiger partial charge in [-0.1, -0.05) is 18.2 Å². The van der Waals surface area contributed by atoms with Crippen molar-refractivity contribution in [3.63, 3.8) is 0 Å². The zero-order valence-corrected chi connectivity index (χ0v) is 6.49. The lowest BCUT2D eigenvalue weighted by Gasteiger charge is -2.26. The average molecular weight is 160 g/mol. The van der Waals surface area contributed by atoms with Crippen LogP contribution in [0.4, 0.5) is 0 Å². The highest BCUT2D eigenvalue weighted by Gasteiger charge is 2.48. The number of hydrogen-bond donors (Lipinski definition) is 0. The molecular weight excluding hydrogens is 152 g/mol. The van der Waals surface area contributed by atoms with E-state index in [9.17, 15) is 4.79 Å². The summed E-state index contributed by atoms with van der Waals surface area (Å²) in [7, 11) is 0. The number of fused-ring (bicyclic) bond motifs is 3. The number of para-hydroxylation sites is 1. The Hall–Kier alpha value is -1.31. The molecule has 0 radical (unpaired) electrons. The minimum absolute atomic E-state index is 0.151. The van der Waals surface area contributed by atoms with Crippen LogP contribution >= 0.6 is 0 Å². The minimum Gasteiger partial charge on any atom is -0.482 e. The lowest BCUT2D eigenvalue weighted by atomic mass is 9.78. The molecule has 0 spiro atoms. The molecule has 3 rings (SSSR count). The number of Topliss-reactive ketones (excluding diaryl/α,β-unsaturated/α-hetero) is 1. The van der Waals surface area contributed by atoms with Gasteiger partial charge >= 0.3 is 0 Å². The molecule has 1 heterocycles. The van der Waals surface area contributed by atoms with E-state index in [0.717, 1.165) is 5.75 Å². The Labute approximate surface area is 70.2 Å². The lowest BCUT2D eigenvalue weighted by Crippen LogP contribution is -2.40. The summed E-state index contributed by atoms with van der Waals surface area (Å²) in [6, 6.07) is 7.91. The van der Waals surface area contributed by atoms with Crippen LogP contribution in [0.25, 0.3) is 0 Å². The minimum atomic E-state index is -0.151. The van der Waals surface area contributed by atoms with Gasteiger partial charge in [0.05, 0.1) is 0 Å². The fraction of sp³-hybridized carbons (Fsp3) is 0.300. The maximum absolute atomic E-state index is 11.1. The van der Waals surface area contributed by atoms with Gasteiger partial charge in [0, 0.05) is 17.9 Å². The highest BCUT2D eigenvalue weighted by molar-refractivity contribution is 5.93. The van der Waals surface area contributed by atoms with E-state index in [1.54, 1.807) is 0 Å². The summed E-state index contributed by atoms with van der Waals surface area (Å²) in [6.45, 7) is 0. The third-order valence-electron chi connectivity index (χ3n) is 2.68. The third kappa shape index (κ3) is 0.583. The SMILES string of the molecule is O=C1C[C@@H]2c3ccccc3O[C@H]12. The smallest absolute Gasteiger partial charge is 0.174 e. The molecule has 60 valence electrons. The standard InChI is InChI=1S/C10H8O2/c11-8-5-7-6-3-1-2-4-9(6)12-10(7)8/h1-4,7,10H,5H2/t7-,10+/m1/s1. The first-order chi connectivity index (χ1) is 5.86. The Balaban J connectivity index is 2.10. The Morgan fingerprint density at radius 1 is 1.33 bits per heavy atom. The van der Waals surface area contributed by atoms with Crippen LogP contribution in [0.15, 0.2) is 24.3 Å². The quantitative estimate of drug-likeness (QED) is 0.575. The van der Waals surface area contributed by atoms with Crippen molar-refractivity contribution >= 4 is 5.78 Å². The van der Waals surface area contributed by atoms with E-state index in [1.807, 2.05) is 24.3 Å². The molecule has 2 heteroatoms. The second-order valence-electron chi connectivity index (χ2n) is 3.35. The van der Waals surface area contributed by atoms with Gasteiger partial charge in [-0.25, -0.2) is 0 Å². The highest BCUT2D eigenvalue weighted by Crippen LogP contribution is 2.46. The second kappa shape index (κ2) is 1.89. The van der Waals surface area contributed by atoms with Gasteiger partial charge in [0.25, 0.3) is 0 Å². The van der Waals surface area contributed by atoms with E-state index in [4.69, 9.17) is 4.74 Å². The maximum Gasteiger partial charge on any atom is 0.174 e. The molecule has 0 N–H and O–H groups in total. The van der Waals surface area contributed by atoms with Crippen molar-refractivity contribution in [2.45, 2.75) is 18.4 Å². The average Bonchev–Trinajstić information content (AvgIpc) is 2.39. The number of carbonyl (C=O) groups is 1. The number of ketones is 1. The zero-order valence-electron chi connectivity index (χ0n) is 6.49. The molecule has 0 saturated heterocycles. The normalized spacial score (nSPS) is 30.2. The molecular formula is C10H8O2. The van der Waals surface area contributed by atoms with Crippen LogP contribution < -0.4 is 4.74 Å². The van der Waals surface area contributed by atoms with E-state index in [2.05, 4.69) is 0 Å². The van der Waals surface area contributed by atoms with Crippen molar-refractivity contribution in [3.8, 4) is 5.75 Å². The van der Waals surface area contributed by atoms with Crippen molar-refractivity contribution in [1.29, 1.82) is 0 Å². The first-order valence-corrected chi connectivity index (χ1v) is 4.14. The van der Waals surface area contributed by atoms with Gasteiger partial charge in [0.2, 0.25) is 0 Å². The van der Waals surface area contributed by atoms with Crippen LogP contribution in [0.1, 0.15) is 17.9 Å². The summed E-state index contributed by atoms with van der Waals surface area (Å²) in [5.74, 6) is 1.50. The summed E-state index contributed by atoms with van der Waals surface area (Å²) in [6.07, 6.45) is 0.518. The van der Waals surface area contributed by atoms with Gasteiger partial charge in [-0.3, -0.25) is 4.79 Å². The van der Waals surface area contributed by atoms with Crippen LogP contribution in [-0.2, 0) is 4.79 Å². The van der Waals surface area contributed by atoms with Crippen LogP contribution in [-0.4, -0.2) is 11.9 Å². The monoisotopic (exact) mass is 160 g/mol. The van der Waals surface area contributed by atoms with Gasteiger partial charge in [-0.2, -0.15) is 0 Å². The van der Waals surface area contributed by atoms with Crippen molar-refractivity contribution in [3.05, 3.63) is 29.8 Å². The number of carbonyl (C=O) groups excluding carboxylic acids is 1. The van der Waals surface area contributed by atoms with E-state index >= 15 is 0 Å². The van der Waals surface area contributed by atoms with Crippen LogP contribution in [0, 0.1) is 0 Å². The molecule has 0 amide bonds. The second-order valence-corrected chi connectivity index (χ2v) is 3.35. The molecule has 1 saturated carbocycles. The largest absolute Gasteiger partial charge is 0.482 e. The Kier molecular flexibility index (Phi) is 0.980. The molecule has 1 aromatic carbocycles. The van der Waals surface area contributed by atoms with Crippen LogP contribution in [0.3, 0.4) is 0 Å². The van der Waals surface area contributed by atoms with Crippen LogP contribution in [0.2, 0.25) is 0 Å². The van der Waals surface area contributed by atoms with Crippen molar-refractivity contribution in [2.24, 2.45) is 0 Å². The summed E-state index contributed by atoms with van der Waals surface area (Å²) in [4.78, 5) is 11.1. The van der Waals surface area contributed by atoms with Crippen molar-refractivity contribution in [1.82, 2.24) is 0 Å². The number of hydrogen-bond acceptors (Lipinski definition) is 2. The van der Waals surface area contributed by atoms with Crippen LogP contribution in [0.5, 0.6) is 5.75 Å². The number of ether oxygens (including phenoxy) is 1. The van der Waals surface area contributed by atoms with Gasteiger partial charge in [-0.15, -0.1) is 0 Å². The van der Waals surface area contributed by atoms with Crippen molar-refractivity contribution < 1.29 is 9.53 Å². The van der Waals surface area contributed by atoms with Gasteiger partial charge in [0.15, 0.2) is 11.9 Å². The molecule has 2 aliphatic rings. The maximum atomic E-state index is 11.1. The molecule has 2 nitrogen and oxygen atoms in total. The van der Waals surface area contributed by atoms with Gasteiger partial charge < -0.3 is 4.74 Å². The molecule has 1 aromatic rings. The fourth-order valence-electron chi connectivity index (χ4n) is 1.96. The summed E-state index contributed by atoms with van der Waals surface area (Å²) in [5, 5.41) is 0. The topological polar surface area (TPSA) is 26.3 Å². The molecule has 2 atom stereocenters. The molecule has 0 bridgehead atoms. The Morgan fingerprint density at radius 2 is 2.17 bits per heavy atom. The third-order valence-corrected chi connectivity index (χ3v) is 2.68. The van der Waals surface area contributed by atoms with Gasteiger partial charge in [-0.05, 0) is 6.07 Å². The predicted octanol–water partition coefficient (Wildman–Crippen LogP) is 1.50. The first-order valence-electron chi connectivity index (χ1n) is 4.14. The lowest BCUT2D eigenvalue weighted by molar-refractivity contribution is -0.133. The van der Waals surface area contributed by atoms with E-state index in [0.29, 0.717) is 12.3 Å². The van der Waals surface area contributed by atoms with Crippen molar-refractivity contribution in [2.75, 3.05) is 0 Å². The molecule has 12 heavy (non-hydrogen) atoms. The van der Waals surface area contributed by atoms with E-state index in [-0.39, 0.29) is 11.9 Å². The Bertz CT molecular complexity index is 357.